The Morgan fingerprint density at radius 2 is 2.08 bits per heavy atom. The number of allylic oxidation sites excluding steroid dienone is 1. The maximum absolute atomic E-state index is 12.6. The van der Waals surface area contributed by atoms with Gasteiger partial charge >= 0.3 is 5.69 Å². The Bertz CT molecular complexity index is 1120. The molecule has 7 nitrogen and oxygen atoms in total. The Morgan fingerprint density at radius 3 is 2.85 bits per heavy atom. The van der Waals surface area contributed by atoms with Crippen molar-refractivity contribution in [2.24, 2.45) is 0 Å². The van der Waals surface area contributed by atoms with Crippen LogP contribution in [-0.2, 0) is 13.0 Å². The summed E-state index contributed by atoms with van der Waals surface area (Å²) in [7, 11) is 1.90. The SMILES string of the molecule is C=CCn1c(O)c(C2c3[nH]c4ccccc4c3CCN2C)c(=O)[nH]c1=O. The number of nitrogens with one attached hydrogen (secondary N) is 2. The van der Waals surface area contributed by atoms with E-state index in [1.165, 1.54) is 6.08 Å². The fourth-order valence-electron chi connectivity index (χ4n) is 3.85. The van der Waals surface area contributed by atoms with Gasteiger partial charge in [-0.05, 0) is 25.1 Å². The number of aromatic nitrogens is 3. The lowest BCUT2D eigenvalue weighted by Crippen LogP contribution is -2.39. The Morgan fingerprint density at radius 1 is 1.31 bits per heavy atom. The average molecular weight is 352 g/mol. The first-order valence-electron chi connectivity index (χ1n) is 8.49. The van der Waals surface area contributed by atoms with Crippen LogP contribution in [0.1, 0.15) is 22.9 Å². The van der Waals surface area contributed by atoms with E-state index in [0.29, 0.717) is 0 Å². The predicted molar refractivity (Wildman–Crippen MR) is 99.7 cm³/mol. The molecule has 4 rings (SSSR count). The van der Waals surface area contributed by atoms with E-state index in [9.17, 15) is 14.7 Å². The smallest absolute Gasteiger partial charge is 0.331 e. The summed E-state index contributed by atoms with van der Waals surface area (Å²) in [5, 5.41) is 11.8. The third-order valence-electron chi connectivity index (χ3n) is 5.07. The van der Waals surface area contributed by atoms with Crippen LogP contribution in [0, 0.1) is 0 Å². The van der Waals surface area contributed by atoms with Crippen LogP contribution in [0.25, 0.3) is 10.9 Å². The van der Waals surface area contributed by atoms with E-state index in [0.717, 1.165) is 39.7 Å². The van der Waals surface area contributed by atoms with E-state index in [4.69, 9.17) is 0 Å². The van der Waals surface area contributed by atoms with Crippen molar-refractivity contribution < 1.29 is 5.11 Å². The molecule has 0 amide bonds. The fraction of sp³-hybridized carbons (Fsp3) is 0.263. The van der Waals surface area contributed by atoms with E-state index >= 15 is 0 Å². The monoisotopic (exact) mass is 352 g/mol. The van der Waals surface area contributed by atoms with Gasteiger partial charge in [0.2, 0.25) is 5.88 Å². The predicted octanol–water partition coefficient (Wildman–Crippen LogP) is 1.49. The van der Waals surface area contributed by atoms with Gasteiger partial charge in [0.05, 0.1) is 6.04 Å². The zero-order valence-electron chi connectivity index (χ0n) is 14.5. The van der Waals surface area contributed by atoms with Gasteiger partial charge in [0.15, 0.2) is 0 Å². The first-order valence-corrected chi connectivity index (χ1v) is 8.49. The first-order chi connectivity index (χ1) is 12.5. The molecule has 1 aromatic carbocycles. The van der Waals surface area contributed by atoms with E-state index in [1.54, 1.807) is 0 Å². The van der Waals surface area contributed by atoms with Gasteiger partial charge in [-0.25, -0.2) is 4.79 Å². The zero-order valence-corrected chi connectivity index (χ0v) is 14.5. The fourth-order valence-corrected chi connectivity index (χ4v) is 3.85. The topological polar surface area (TPSA) is 94.1 Å². The van der Waals surface area contributed by atoms with Crippen molar-refractivity contribution in [3.63, 3.8) is 0 Å². The molecule has 0 saturated carbocycles. The molecule has 3 heterocycles. The minimum Gasteiger partial charge on any atom is -0.494 e. The number of rotatable bonds is 3. The molecule has 1 aliphatic heterocycles. The third-order valence-corrected chi connectivity index (χ3v) is 5.07. The molecule has 134 valence electrons. The summed E-state index contributed by atoms with van der Waals surface area (Å²) in [5.74, 6) is -0.318. The number of para-hydroxylation sites is 1. The van der Waals surface area contributed by atoms with Gasteiger partial charge in [0, 0.05) is 29.7 Å². The summed E-state index contributed by atoms with van der Waals surface area (Å²) in [6.45, 7) is 4.45. The summed E-state index contributed by atoms with van der Waals surface area (Å²) in [5.41, 5.74) is 1.96. The highest BCUT2D eigenvalue weighted by atomic mass is 16.3. The average Bonchev–Trinajstić information content (AvgIpc) is 2.99. The maximum atomic E-state index is 12.6. The van der Waals surface area contributed by atoms with Gasteiger partial charge in [-0.15, -0.1) is 6.58 Å². The lowest BCUT2D eigenvalue weighted by atomic mass is 9.94. The molecule has 0 bridgehead atoms. The molecule has 1 unspecified atom stereocenters. The molecule has 2 aromatic heterocycles. The molecule has 0 aliphatic carbocycles. The van der Waals surface area contributed by atoms with Crippen LogP contribution >= 0.6 is 0 Å². The normalized spacial score (nSPS) is 17.3. The van der Waals surface area contributed by atoms with Crippen LogP contribution in [-0.4, -0.2) is 38.1 Å². The molecule has 1 atom stereocenters. The summed E-state index contributed by atoms with van der Waals surface area (Å²) in [6.07, 6.45) is 2.35. The number of hydrogen-bond donors (Lipinski definition) is 3. The van der Waals surface area contributed by atoms with E-state index < -0.39 is 17.3 Å². The summed E-state index contributed by atoms with van der Waals surface area (Å²) in [4.78, 5) is 32.3. The first kappa shape index (κ1) is 16.4. The molecular weight excluding hydrogens is 332 g/mol. The van der Waals surface area contributed by atoms with Crippen LogP contribution in [0.15, 0.2) is 46.5 Å². The van der Waals surface area contributed by atoms with Gasteiger partial charge in [-0.1, -0.05) is 24.3 Å². The van der Waals surface area contributed by atoms with Crippen LogP contribution in [0.5, 0.6) is 5.88 Å². The largest absolute Gasteiger partial charge is 0.494 e. The maximum Gasteiger partial charge on any atom is 0.331 e. The summed E-state index contributed by atoms with van der Waals surface area (Å²) >= 11 is 0. The second-order valence-electron chi connectivity index (χ2n) is 6.59. The highest BCUT2D eigenvalue weighted by molar-refractivity contribution is 5.85. The minimum atomic E-state index is -0.647. The number of likely N-dealkylation sites (N-methyl/N-ethyl adjacent to an activating group) is 1. The standard InChI is InChI=1S/C19H20N4O3/c1-3-9-23-18(25)14(17(24)21-19(23)26)16-15-12(8-10-22(16)2)11-6-4-5-7-13(11)20-15/h3-7,16,20,25H,1,8-10H2,2H3,(H,21,24,26). The molecule has 0 radical (unpaired) electrons. The minimum absolute atomic E-state index is 0.116. The lowest BCUT2D eigenvalue weighted by molar-refractivity contribution is 0.250. The van der Waals surface area contributed by atoms with Crippen molar-refractivity contribution in [3.8, 4) is 5.88 Å². The van der Waals surface area contributed by atoms with Crippen molar-refractivity contribution in [1.82, 2.24) is 19.4 Å². The third kappa shape index (κ3) is 2.32. The second kappa shape index (κ2) is 6.03. The lowest BCUT2D eigenvalue weighted by Gasteiger charge is -2.32. The summed E-state index contributed by atoms with van der Waals surface area (Å²) < 4.78 is 1.12. The van der Waals surface area contributed by atoms with Gasteiger partial charge in [-0.2, -0.15) is 0 Å². The number of aromatic hydroxyl groups is 1. The summed E-state index contributed by atoms with van der Waals surface area (Å²) in [6, 6.07) is 7.52. The van der Waals surface area contributed by atoms with Crippen LogP contribution in [0.2, 0.25) is 0 Å². The molecular formula is C19H20N4O3. The van der Waals surface area contributed by atoms with Gasteiger partial charge in [0.25, 0.3) is 5.56 Å². The Balaban J connectivity index is 2.00. The number of H-pyrrole nitrogens is 2. The van der Waals surface area contributed by atoms with Gasteiger partial charge in [0.1, 0.15) is 5.56 Å². The Labute approximate surface area is 149 Å². The van der Waals surface area contributed by atoms with Crippen molar-refractivity contribution >= 4 is 10.9 Å². The van der Waals surface area contributed by atoms with Crippen molar-refractivity contribution in [1.29, 1.82) is 0 Å². The zero-order chi connectivity index (χ0) is 18.4. The highest BCUT2D eigenvalue weighted by Crippen LogP contribution is 2.38. The van der Waals surface area contributed by atoms with Crippen molar-refractivity contribution in [2.45, 2.75) is 19.0 Å². The molecule has 1 aliphatic rings. The second-order valence-corrected chi connectivity index (χ2v) is 6.59. The molecule has 0 fully saturated rings. The van der Waals surface area contributed by atoms with Crippen LogP contribution < -0.4 is 11.2 Å². The molecule has 3 aromatic rings. The quantitative estimate of drug-likeness (QED) is 0.623. The van der Waals surface area contributed by atoms with E-state index in [-0.39, 0.29) is 18.0 Å². The number of hydrogen-bond acceptors (Lipinski definition) is 4. The number of aromatic amines is 2. The molecule has 0 saturated heterocycles. The van der Waals surface area contributed by atoms with Gasteiger partial charge < -0.3 is 10.1 Å². The van der Waals surface area contributed by atoms with Gasteiger partial charge in [-0.3, -0.25) is 19.2 Å². The number of benzene rings is 1. The van der Waals surface area contributed by atoms with Crippen LogP contribution in [0.3, 0.4) is 0 Å². The molecule has 3 N–H and O–H groups in total. The Kier molecular flexibility index (Phi) is 3.81. The van der Waals surface area contributed by atoms with Crippen LogP contribution in [0.4, 0.5) is 0 Å². The number of nitrogens with zero attached hydrogens (tertiary/aromatic N) is 2. The molecule has 7 heteroatoms. The van der Waals surface area contributed by atoms with E-state index in [2.05, 4.69) is 22.6 Å². The Hall–Kier alpha value is -3.06. The number of fused-ring (bicyclic) bond motifs is 3. The molecule has 26 heavy (non-hydrogen) atoms. The van der Waals surface area contributed by atoms with Crippen molar-refractivity contribution in [2.75, 3.05) is 13.6 Å². The van der Waals surface area contributed by atoms with E-state index in [1.807, 2.05) is 30.1 Å². The van der Waals surface area contributed by atoms with Crippen molar-refractivity contribution in [3.05, 3.63) is 74.6 Å². The molecule has 0 spiro atoms. The highest BCUT2D eigenvalue weighted by Gasteiger charge is 2.34.